The lowest BCUT2D eigenvalue weighted by Crippen LogP contribution is -2.45. The van der Waals surface area contributed by atoms with Crippen LogP contribution in [0.15, 0.2) is 22.8 Å². The minimum Gasteiger partial charge on any atom is -0.468 e. The summed E-state index contributed by atoms with van der Waals surface area (Å²) in [6.07, 6.45) is 2.03. The highest BCUT2D eigenvalue weighted by Crippen LogP contribution is 2.24. The lowest BCUT2D eigenvalue weighted by molar-refractivity contribution is -0.142. The van der Waals surface area contributed by atoms with Crippen molar-refractivity contribution in [3.8, 4) is 0 Å². The van der Waals surface area contributed by atoms with Crippen LogP contribution in [0.1, 0.15) is 24.6 Å². The van der Waals surface area contributed by atoms with Crippen molar-refractivity contribution in [1.29, 1.82) is 0 Å². The van der Waals surface area contributed by atoms with Crippen LogP contribution >= 0.6 is 11.8 Å². The fourth-order valence-corrected chi connectivity index (χ4v) is 3.92. The van der Waals surface area contributed by atoms with Gasteiger partial charge < -0.3 is 9.73 Å². The smallest absolute Gasteiger partial charge is 0.240 e. The first-order valence-electron chi connectivity index (χ1n) is 8.10. The van der Waals surface area contributed by atoms with Crippen molar-refractivity contribution in [1.82, 2.24) is 15.1 Å². The average Bonchev–Trinajstić information content (AvgIpc) is 3.22. The van der Waals surface area contributed by atoms with Gasteiger partial charge in [-0.1, -0.05) is 0 Å². The molecular formula is C16H21N3O4S. The highest BCUT2D eigenvalue weighted by atomic mass is 32.2. The van der Waals surface area contributed by atoms with Crippen molar-refractivity contribution in [2.24, 2.45) is 0 Å². The molecule has 0 saturated carbocycles. The monoisotopic (exact) mass is 351 g/mol. The molecule has 2 aliphatic heterocycles. The first kappa shape index (κ1) is 17.0. The zero-order chi connectivity index (χ0) is 16.9. The molecule has 130 valence electrons. The number of nitrogens with one attached hydrogen (secondary N) is 1. The zero-order valence-corrected chi connectivity index (χ0v) is 14.2. The van der Waals surface area contributed by atoms with Gasteiger partial charge in [0.25, 0.3) is 0 Å². The van der Waals surface area contributed by atoms with Gasteiger partial charge in [-0.05, 0) is 12.1 Å². The summed E-state index contributed by atoms with van der Waals surface area (Å²) in [6, 6.07) is 3.71. The first-order chi connectivity index (χ1) is 11.6. The second-order valence-electron chi connectivity index (χ2n) is 5.86. The molecule has 3 amide bonds. The second-order valence-corrected chi connectivity index (χ2v) is 7.08. The zero-order valence-electron chi connectivity index (χ0n) is 13.4. The number of likely N-dealkylation sites (tertiary alicyclic amines) is 1. The first-order valence-corrected chi connectivity index (χ1v) is 9.25. The topological polar surface area (TPSA) is 82.9 Å². The highest BCUT2D eigenvalue weighted by molar-refractivity contribution is 7.99. The Balaban J connectivity index is 1.57. The van der Waals surface area contributed by atoms with E-state index in [0.717, 1.165) is 35.3 Å². The minimum absolute atomic E-state index is 0.0326. The SMILES string of the molecule is O=C(CN1C(=O)CCC1=O)NC[C@H](c1ccco1)N1CCSCC1. The summed E-state index contributed by atoms with van der Waals surface area (Å²) >= 11 is 1.92. The number of hydrogen-bond acceptors (Lipinski definition) is 6. The Hall–Kier alpha value is -1.80. The number of carbonyl (C=O) groups excluding carboxylic acids is 3. The number of carbonyl (C=O) groups is 3. The van der Waals surface area contributed by atoms with E-state index in [2.05, 4.69) is 10.2 Å². The van der Waals surface area contributed by atoms with Crippen LogP contribution in [0, 0.1) is 0 Å². The van der Waals surface area contributed by atoms with Crippen LogP contribution in [-0.2, 0) is 14.4 Å². The van der Waals surface area contributed by atoms with Gasteiger partial charge in [0.2, 0.25) is 17.7 Å². The lowest BCUT2D eigenvalue weighted by Gasteiger charge is -2.33. The van der Waals surface area contributed by atoms with Gasteiger partial charge >= 0.3 is 0 Å². The third-order valence-corrected chi connectivity index (χ3v) is 5.25. The van der Waals surface area contributed by atoms with Crippen molar-refractivity contribution in [3.63, 3.8) is 0 Å². The molecule has 0 radical (unpaired) electrons. The van der Waals surface area contributed by atoms with Crippen LogP contribution < -0.4 is 5.32 Å². The van der Waals surface area contributed by atoms with Gasteiger partial charge in [-0.25, -0.2) is 0 Å². The maximum atomic E-state index is 12.1. The molecule has 3 rings (SSSR count). The van der Waals surface area contributed by atoms with E-state index in [1.54, 1.807) is 6.26 Å². The van der Waals surface area contributed by atoms with Crippen LogP contribution in [0.5, 0.6) is 0 Å². The van der Waals surface area contributed by atoms with E-state index >= 15 is 0 Å². The van der Waals surface area contributed by atoms with Gasteiger partial charge in [-0.3, -0.25) is 24.2 Å². The molecule has 0 aromatic carbocycles. The van der Waals surface area contributed by atoms with E-state index in [-0.39, 0.29) is 43.1 Å². The van der Waals surface area contributed by atoms with E-state index in [1.165, 1.54) is 0 Å². The molecule has 8 heteroatoms. The summed E-state index contributed by atoms with van der Waals surface area (Å²) in [6.45, 7) is 2.08. The predicted molar refractivity (Wildman–Crippen MR) is 89.3 cm³/mol. The van der Waals surface area contributed by atoms with Crippen molar-refractivity contribution < 1.29 is 18.8 Å². The van der Waals surface area contributed by atoms with Crippen LogP contribution in [0.2, 0.25) is 0 Å². The van der Waals surface area contributed by atoms with Crippen LogP contribution in [-0.4, -0.2) is 65.2 Å². The molecule has 0 unspecified atom stereocenters. The maximum absolute atomic E-state index is 12.1. The van der Waals surface area contributed by atoms with E-state index in [4.69, 9.17) is 4.42 Å². The Bertz CT molecular complexity index is 582. The Morgan fingerprint density at radius 2 is 1.96 bits per heavy atom. The summed E-state index contributed by atoms with van der Waals surface area (Å²) in [5, 5.41) is 2.84. The van der Waals surface area contributed by atoms with Crippen molar-refractivity contribution in [2.45, 2.75) is 18.9 Å². The fourth-order valence-electron chi connectivity index (χ4n) is 2.99. The van der Waals surface area contributed by atoms with Gasteiger partial charge in [0, 0.05) is 44.0 Å². The van der Waals surface area contributed by atoms with Crippen molar-refractivity contribution >= 4 is 29.5 Å². The van der Waals surface area contributed by atoms with E-state index < -0.39 is 0 Å². The lowest BCUT2D eigenvalue weighted by atomic mass is 10.2. The van der Waals surface area contributed by atoms with Crippen LogP contribution in [0.3, 0.4) is 0 Å². The van der Waals surface area contributed by atoms with E-state index in [1.807, 2.05) is 23.9 Å². The highest BCUT2D eigenvalue weighted by Gasteiger charge is 2.31. The largest absolute Gasteiger partial charge is 0.468 e. The number of thioether (sulfide) groups is 1. The molecule has 3 heterocycles. The van der Waals surface area contributed by atoms with Gasteiger partial charge in [-0.2, -0.15) is 11.8 Å². The van der Waals surface area contributed by atoms with Gasteiger partial charge in [0.1, 0.15) is 12.3 Å². The van der Waals surface area contributed by atoms with E-state index in [0.29, 0.717) is 6.54 Å². The molecule has 2 fully saturated rings. The Morgan fingerprint density at radius 3 is 2.58 bits per heavy atom. The van der Waals surface area contributed by atoms with Crippen molar-refractivity contribution in [3.05, 3.63) is 24.2 Å². The van der Waals surface area contributed by atoms with Crippen molar-refractivity contribution in [2.75, 3.05) is 37.7 Å². The number of nitrogens with zero attached hydrogens (tertiary/aromatic N) is 2. The molecule has 1 aromatic heterocycles. The summed E-state index contributed by atoms with van der Waals surface area (Å²) < 4.78 is 5.53. The normalized spacial score (nSPS) is 20.4. The molecule has 7 nitrogen and oxygen atoms in total. The quantitative estimate of drug-likeness (QED) is 0.757. The molecule has 1 atom stereocenters. The van der Waals surface area contributed by atoms with Gasteiger partial charge in [0.15, 0.2) is 0 Å². The van der Waals surface area contributed by atoms with E-state index in [9.17, 15) is 14.4 Å². The second kappa shape index (κ2) is 7.85. The Labute approximate surface area is 144 Å². The standard InChI is InChI=1S/C16H21N3O4S/c20-14(11-19-15(21)3-4-16(19)22)17-10-12(13-2-1-7-23-13)18-5-8-24-9-6-18/h1-2,7,12H,3-6,8-11H2,(H,17,20)/t12-/m1/s1. The van der Waals surface area contributed by atoms with Gasteiger partial charge in [-0.15, -0.1) is 0 Å². The maximum Gasteiger partial charge on any atom is 0.240 e. The minimum atomic E-state index is -0.318. The van der Waals surface area contributed by atoms with Gasteiger partial charge in [0.05, 0.1) is 12.3 Å². The molecule has 2 saturated heterocycles. The Morgan fingerprint density at radius 1 is 1.25 bits per heavy atom. The molecule has 0 spiro atoms. The molecule has 1 N–H and O–H groups in total. The number of hydrogen-bond donors (Lipinski definition) is 1. The number of amides is 3. The summed E-state index contributed by atoms with van der Waals surface area (Å²) in [5.41, 5.74) is 0. The third kappa shape index (κ3) is 3.99. The predicted octanol–water partition coefficient (Wildman–Crippen LogP) is 0.635. The molecule has 1 aromatic rings. The molecular weight excluding hydrogens is 330 g/mol. The molecule has 0 aliphatic carbocycles. The van der Waals surface area contributed by atoms with Crippen LogP contribution in [0.4, 0.5) is 0 Å². The number of furan rings is 1. The average molecular weight is 351 g/mol. The summed E-state index contributed by atoms with van der Waals surface area (Å²) in [7, 11) is 0. The molecule has 24 heavy (non-hydrogen) atoms. The molecule has 2 aliphatic rings. The summed E-state index contributed by atoms with van der Waals surface area (Å²) in [4.78, 5) is 38.7. The number of rotatable bonds is 6. The Kier molecular flexibility index (Phi) is 5.57. The fraction of sp³-hybridized carbons (Fsp3) is 0.562. The summed E-state index contributed by atoms with van der Waals surface area (Å²) in [5.74, 6) is 2.07. The molecule has 0 bridgehead atoms. The number of imide groups is 1. The third-order valence-electron chi connectivity index (χ3n) is 4.31. The van der Waals surface area contributed by atoms with Crippen LogP contribution in [0.25, 0.3) is 0 Å².